The summed E-state index contributed by atoms with van der Waals surface area (Å²) in [6, 6.07) is 1.90. The van der Waals surface area contributed by atoms with Crippen LogP contribution in [0.1, 0.15) is 17.9 Å². The molecule has 0 saturated carbocycles. The highest BCUT2D eigenvalue weighted by atomic mass is 32.1. The van der Waals surface area contributed by atoms with Gasteiger partial charge in [0, 0.05) is 18.0 Å². The molecule has 0 spiro atoms. The minimum Gasteiger partial charge on any atom is -0.481 e. The van der Waals surface area contributed by atoms with Gasteiger partial charge in [-0.3, -0.25) is 4.79 Å². The number of aromatic nitrogens is 5. The molecule has 0 atom stereocenters. The highest BCUT2D eigenvalue weighted by Crippen LogP contribution is 2.19. The maximum Gasteiger partial charge on any atom is 0.303 e. The zero-order valence-corrected chi connectivity index (χ0v) is 11.7. The van der Waals surface area contributed by atoms with Crippen molar-refractivity contribution in [3.05, 3.63) is 34.5 Å². The topological polar surface area (TPSA) is 107 Å². The molecule has 21 heavy (non-hydrogen) atoms. The predicted octanol–water partition coefficient (Wildman–Crippen LogP) is 1.46. The number of rotatable bonds is 6. The predicted molar refractivity (Wildman–Crippen MR) is 72.7 cm³/mol. The molecule has 108 valence electrons. The zero-order valence-electron chi connectivity index (χ0n) is 10.8. The third kappa shape index (κ3) is 3.31. The van der Waals surface area contributed by atoms with Crippen LogP contribution in [0.15, 0.2) is 27.5 Å². The number of carboxylic acid groups (broad SMARTS) is 1. The van der Waals surface area contributed by atoms with E-state index in [-0.39, 0.29) is 6.42 Å². The fourth-order valence-electron chi connectivity index (χ4n) is 1.73. The second-order valence-corrected chi connectivity index (χ2v) is 5.11. The van der Waals surface area contributed by atoms with E-state index in [4.69, 9.17) is 9.63 Å². The van der Waals surface area contributed by atoms with Crippen LogP contribution in [0.3, 0.4) is 0 Å². The van der Waals surface area contributed by atoms with Gasteiger partial charge in [-0.15, -0.1) is 5.10 Å². The third-order valence-electron chi connectivity index (χ3n) is 2.72. The summed E-state index contributed by atoms with van der Waals surface area (Å²) in [6.07, 6.45) is 2.06. The SMILES string of the molecule is O=C(O)CCc1cn(Cc2noc(-c3ccsc3)n2)nn1. The highest BCUT2D eigenvalue weighted by Gasteiger charge is 2.11. The molecule has 8 nitrogen and oxygen atoms in total. The van der Waals surface area contributed by atoms with E-state index in [1.807, 2.05) is 16.8 Å². The van der Waals surface area contributed by atoms with Gasteiger partial charge in [-0.05, 0) is 11.4 Å². The van der Waals surface area contributed by atoms with E-state index in [0.29, 0.717) is 30.4 Å². The maximum atomic E-state index is 10.5. The largest absolute Gasteiger partial charge is 0.481 e. The van der Waals surface area contributed by atoms with E-state index in [2.05, 4.69) is 20.5 Å². The number of nitrogens with zero attached hydrogens (tertiary/aromatic N) is 5. The van der Waals surface area contributed by atoms with Crippen molar-refractivity contribution >= 4 is 17.3 Å². The molecule has 3 aromatic heterocycles. The van der Waals surface area contributed by atoms with Gasteiger partial charge in [0.2, 0.25) is 0 Å². The smallest absolute Gasteiger partial charge is 0.303 e. The molecule has 0 aliphatic rings. The molecule has 0 bridgehead atoms. The monoisotopic (exact) mass is 305 g/mol. The zero-order chi connectivity index (χ0) is 14.7. The lowest BCUT2D eigenvalue weighted by molar-refractivity contribution is -0.136. The van der Waals surface area contributed by atoms with Crippen LogP contribution >= 0.6 is 11.3 Å². The average Bonchev–Trinajstić information content (AvgIpc) is 3.18. The van der Waals surface area contributed by atoms with Crippen LogP contribution in [0.2, 0.25) is 0 Å². The summed E-state index contributed by atoms with van der Waals surface area (Å²) in [5, 5.41) is 24.2. The van der Waals surface area contributed by atoms with Crippen LogP contribution in [-0.2, 0) is 17.8 Å². The first-order valence-electron chi connectivity index (χ1n) is 6.16. The molecule has 0 aromatic carbocycles. The molecule has 0 unspecified atom stereocenters. The average molecular weight is 305 g/mol. The van der Waals surface area contributed by atoms with Crippen molar-refractivity contribution < 1.29 is 14.4 Å². The van der Waals surface area contributed by atoms with Gasteiger partial charge in [0.25, 0.3) is 5.89 Å². The van der Waals surface area contributed by atoms with Gasteiger partial charge < -0.3 is 9.63 Å². The molecule has 0 amide bonds. The Kier molecular flexibility index (Phi) is 3.73. The Bertz CT molecular complexity index is 734. The van der Waals surface area contributed by atoms with Gasteiger partial charge >= 0.3 is 5.97 Å². The van der Waals surface area contributed by atoms with Crippen molar-refractivity contribution in [2.45, 2.75) is 19.4 Å². The summed E-state index contributed by atoms with van der Waals surface area (Å²) in [4.78, 5) is 14.8. The van der Waals surface area contributed by atoms with E-state index in [9.17, 15) is 4.79 Å². The second-order valence-electron chi connectivity index (χ2n) is 4.33. The van der Waals surface area contributed by atoms with Gasteiger partial charge in [0.1, 0.15) is 6.54 Å². The van der Waals surface area contributed by atoms with Gasteiger partial charge in [0.05, 0.1) is 17.7 Å². The Hall–Kier alpha value is -2.55. The van der Waals surface area contributed by atoms with E-state index < -0.39 is 5.97 Å². The molecule has 0 fully saturated rings. The molecule has 0 saturated heterocycles. The highest BCUT2D eigenvalue weighted by molar-refractivity contribution is 7.08. The summed E-state index contributed by atoms with van der Waals surface area (Å²) in [6.45, 7) is 0.327. The third-order valence-corrected chi connectivity index (χ3v) is 3.40. The van der Waals surface area contributed by atoms with Crippen LogP contribution < -0.4 is 0 Å². The van der Waals surface area contributed by atoms with Gasteiger partial charge in [-0.25, -0.2) is 4.68 Å². The van der Waals surface area contributed by atoms with Crippen molar-refractivity contribution in [2.24, 2.45) is 0 Å². The molecule has 9 heteroatoms. The lowest BCUT2D eigenvalue weighted by Crippen LogP contribution is -2.02. The molecule has 0 aliphatic heterocycles. The fourth-order valence-corrected chi connectivity index (χ4v) is 2.36. The Balaban J connectivity index is 1.65. The van der Waals surface area contributed by atoms with Crippen molar-refractivity contribution in [1.29, 1.82) is 0 Å². The molecule has 3 heterocycles. The molecule has 1 N–H and O–H groups in total. The number of aliphatic carboxylic acids is 1. The van der Waals surface area contributed by atoms with Crippen LogP contribution in [0.4, 0.5) is 0 Å². The van der Waals surface area contributed by atoms with E-state index in [1.54, 1.807) is 22.2 Å². The number of aryl methyl sites for hydroxylation is 1. The van der Waals surface area contributed by atoms with Gasteiger partial charge in [-0.2, -0.15) is 16.3 Å². The molecular weight excluding hydrogens is 294 g/mol. The Morgan fingerprint density at radius 2 is 2.38 bits per heavy atom. The van der Waals surface area contributed by atoms with E-state index in [0.717, 1.165) is 5.56 Å². The lowest BCUT2D eigenvalue weighted by atomic mass is 10.2. The van der Waals surface area contributed by atoms with Crippen molar-refractivity contribution in [1.82, 2.24) is 25.1 Å². The molecule has 3 rings (SSSR count). The first kappa shape index (κ1) is 13.4. The number of hydrogen-bond donors (Lipinski definition) is 1. The lowest BCUT2D eigenvalue weighted by Gasteiger charge is -1.92. The first-order chi connectivity index (χ1) is 10.2. The first-order valence-corrected chi connectivity index (χ1v) is 7.11. The number of thiophene rings is 1. The van der Waals surface area contributed by atoms with Crippen LogP contribution in [-0.4, -0.2) is 36.2 Å². The van der Waals surface area contributed by atoms with Crippen molar-refractivity contribution in [3.63, 3.8) is 0 Å². The molecule has 0 aliphatic carbocycles. The second kappa shape index (κ2) is 5.83. The maximum absolute atomic E-state index is 10.5. The van der Waals surface area contributed by atoms with E-state index in [1.165, 1.54) is 0 Å². The summed E-state index contributed by atoms with van der Waals surface area (Å²) < 4.78 is 6.73. The van der Waals surface area contributed by atoms with Gasteiger partial charge in [-0.1, -0.05) is 10.4 Å². The van der Waals surface area contributed by atoms with E-state index >= 15 is 0 Å². The molecular formula is C12H11N5O3S. The summed E-state index contributed by atoms with van der Waals surface area (Å²) in [5.74, 6) is 0.103. The van der Waals surface area contributed by atoms with Crippen molar-refractivity contribution in [3.8, 4) is 11.5 Å². The van der Waals surface area contributed by atoms with Crippen LogP contribution in [0.25, 0.3) is 11.5 Å². The minimum absolute atomic E-state index is 0.0310. The quantitative estimate of drug-likeness (QED) is 0.734. The standard InChI is InChI=1S/C12H11N5O3S/c18-11(19)2-1-9-5-17(16-14-9)6-10-13-12(20-15-10)8-3-4-21-7-8/h3-5,7H,1-2,6H2,(H,18,19). The number of carbonyl (C=O) groups is 1. The molecule has 0 radical (unpaired) electrons. The Morgan fingerprint density at radius 1 is 1.48 bits per heavy atom. The molecule has 3 aromatic rings. The number of hydrogen-bond acceptors (Lipinski definition) is 7. The fraction of sp³-hybridized carbons (Fsp3) is 0.250. The Labute approximate surface area is 123 Å². The van der Waals surface area contributed by atoms with Crippen molar-refractivity contribution in [2.75, 3.05) is 0 Å². The van der Waals surface area contributed by atoms with Gasteiger partial charge in [0.15, 0.2) is 5.82 Å². The number of carboxylic acids is 1. The summed E-state index contributed by atoms with van der Waals surface area (Å²) in [5.41, 5.74) is 1.51. The normalized spacial score (nSPS) is 10.9. The Morgan fingerprint density at radius 3 is 3.14 bits per heavy atom. The van der Waals surface area contributed by atoms with Crippen LogP contribution in [0, 0.1) is 0 Å². The summed E-state index contributed by atoms with van der Waals surface area (Å²) in [7, 11) is 0. The summed E-state index contributed by atoms with van der Waals surface area (Å²) >= 11 is 1.56. The van der Waals surface area contributed by atoms with Crippen LogP contribution in [0.5, 0.6) is 0 Å². The minimum atomic E-state index is -0.858.